The molecule has 2 rings (SSSR count). The van der Waals surface area contributed by atoms with E-state index in [1.165, 1.54) is 12.1 Å². The monoisotopic (exact) mass is 440 g/mol. The van der Waals surface area contributed by atoms with Crippen LogP contribution in [0.2, 0.25) is 0 Å². The van der Waals surface area contributed by atoms with Crippen molar-refractivity contribution in [3.8, 4) is 23.0 Å². The van der Waals surface area contributed by atoms with Gasteiger partial charge in [0.1, 0.15) is 11.5 Å². The molecule has 0 amide bonds. The van der Waals surface area contributed by atoms with Crippen molar-refractivity contribution in [3.63, 3.8) is 0 Å². The van der Waals surface area contributed by atoms with Crippen molar-refractivity contribution in [1.82, 2.24) is 10.6 Å². The molecule has 0 bridgehead atoms. The molecule has 0 aliphatic rings. The van der Waals surface area contributed by atoms with E-state index in [4.69, 9.17) is 9.47 Å². The summed E-state index contributed by atoms with van der Waals surface area (Å²) < 4.78 is 10.2. The first-order valence-corrected chi connectivity index (χ1v) is 10.7. The number of nitrogens with one attached hydrogen (secondary N) is 2. The lowest BCUT2D eigenvalue weighted by atomic mass is 10.2. The third-order valence-electron chi connectivity index (χ3n) is 4.65. The number of ether oxygens (including phenoxy) is 2. The van der Waals surface area contributed by atoms with Gasteiger partial charge >= 0.3 is 0 Å². The fourth-order valence-corrected chi connectivity index (χ4v) is 2.85. The molecule has 174 valence electrons. The molecule has 0 radical (unpaired) electrons. The third-order valence-corrected chi connectivity index (χ3v) is 4.65. The highest BCUT2D eigenvalue weighted by Gasteiger charge is 1.96. The van der Waals surface area contributed by atoms with Crippen molar-refractivity contribution in [2.24, 2.45) is 9.98 Å². The SMILES string of the molecule is COc1ccc([O-])c(C=NCCCNCCNCCCN=Cc2cc(OC)ccc2[O-])c1. The Balaban J connectivity index is 1.47. The van der Waals surface area contributed by atoms with E-state index >= 15 is 0 Å². The van der Waals surface area contributed by atoms with Crippen LogP contribution in [0.4, 0.5) is 0 Å². The maximum atomic E-state index is 11.7. The normalized spacial score (nSPS) is 11.4. The van der Waals surface area contributed by atoms with E-state index in [0.717, 1.165) is 39.0 Å². The van der Waals surface area contributed by atoms with E-state index in [2.05, 4.69) is 20.6 Å². The lowest BCUT2D eigenvalue weighted by Crippen LogP contribution is -2.29. The highest BCUT2D eigenvalue weighted by atomic mass is 16.5. The van der Waals surface area contributed by atoms with Crippen molar-refractivity contribution in [1.29, 1.82) is 0 Å². The average Bonchev–Trinajstić information content (AvgIpc) is 2.81. The summed E-state index contributed by atoms with van der Waals surface area (Å²) in [6.45, 7) is 4.79. The molecule has 0 aromatic heterocycles. The summed E-state index contributed by atoms with van der Waals surface area (Å²) in [4.78, 5) is 8.63. The van der Waals surface area contributed by atoms with Crippen LogP contribution in [0.5, 0.6) is 23.0 Å². The summed E-state index contributed by atoms with van der Waals surface area (Å²) in [5.41, 5.74) is 1.09. The van der Waals surface area contributed by atoms with Gasteiger partial charge < -0.3 is 30.3 Å². The Morgan fingerprint density at radius 3 is 1.56 bits per heavy atom. The van der Waals surface area contributed by atoms with Gasteiger partial charge in [-0.25, -0.2) is 0 Å². The quantitative estimate of drug-likeness (QED) is 0.319. The van der Waals surface area contributed by atoms with E-state index in [-0.39, 0.29) is 11.5 Å². The lowest BCUT2D eigenvalue weighted by Gasteiger charge is -2.11. The van der Waals surface area contributed by atoms with Crippen LogP contribution >= 0.6 is 0 Å². The van der Waals surface area contributed by atoms with Gasteiger partial charge in [-0.1, -0.05) is 23.6 Å². The zero-order chi connectivity index (χ0) is 23.0. The van der Waals surface area contributed by atoms with Gasteiger partial charge in [-0.2, -0.15) is 0 Å². The lowest BCUT2D eigenvalue weighted by molar-refractivity contribution is -0.269. The van der Waals surface area contributed by atoms with E-state index in [1.54, 1.807) is 50.9 Å². The number of benzene rings is 2. The Hall–Kier alpha value is -3.10. The number of hydrogen-bond donors (Lipinski definition) is 2. The second-order valence-corrected chi connectivity index (χ2v) is 7.09. The van der Waals surface area contributed by atoms with Gasteiger partial charge in [0.25, 0.3) is 0 Å². The van der Waals surface area contributed by atoms with Crippen molar-refractivity contribution >= 4 is 12.4 Å². The van der Waals surface area contributed by atoms with Crippen LogP contribution in [0.1, 0.15) is 24.0 Å². The number of aliphatic imine (C=N–C) groups is 2. The molecule has 32 heavy (non-hydrogen) atoms. The zero-order valence-electron chi connectivity index (χ0n) is 18.8. The predicted octanol–water partition coefficient (Wildman–Crippen LogP) is 1.35. The van der Waals surface area contributed by atoms with Gasteiger partial charge in [-0.3, -0.25) is 9.98 Å². The van der Waals surface area contributed by atoms with Crippen LogP contribution in [-0.4, -0.2) is 65.9 Å². The van der Waals surface area contributed by atoms with Crippen molar-refractivity contribution < 1.29 is 19.7 Å². The molecule has 8 nitrogen and oxygen atoms in total. The molecule has 0 spiro atoms. The predicted molar refractivity (Wildman–Crippen MR) is 125 cm³/mol. The molecule has 0 unspecified atom stereocenters. The molecule has 0 saturated carbocycles. The smallest absolute Gasteiger partial charge is 0.119 e. The van der Waals surface area contributed by atoms with Crippen molar-refractivity contribution in [2.45, 2.75) is 12.8 Å². The highest BCUT2D eigenvalue weighted by Crippen LogP contribution is 2.19. The first-order valence-electron chi connectivity index (χ1n) is 10.7. The molecule has 2 N–H and O–H groups in total. The molecule has 0 aliphatic carbocycles. The molecule has 0 heterocycles. The van der Waals surface area contributed by atoms with Crippen molar-refractivity contribution in [3.05, 3.63) is 47.5 Å². The minimum atomic E-state index is -0.0557. The molecule has 0 fully saturated rings. The molecule has 8 heteroatoms. The molecule has 2 aromatic carbocycles. The number of nitrogens with zero attached hydrogens (tertiary/aromatic N) is 2. The summed E-state index contributed by atoms with van der Waals surface area (Å²) in [6.07, 6.45) is 5.02. The largest absolute Gasteiger partial charge is 0.872 e. The summed E-state index contributed by atoms with van der Waals surface area (Å²) in [7, 11) is 3.15. The maximum Gasteiger partial charge on any atom is 0.119 e. The molecule has 0 aliphatic heterocycles. The Labute approximate surface area is 190 Å². The van der Waals surface area contributed by atoms with Crippen LogP contribution in [0, 0.1) is 0 Å². The average molecular weight is 441 g/mol. The van der Waals surface area contributed by atoms with Gasteiger partial charge in [-0.15, -0.1) is 0 Å². The second-order valence-electron chi connectivity index (χ2n) is 7.09. The van der Waals surface area contributed by atoms with Gasteiger partial charge in [0.05, 0.1) is 14.2 Å². The first kappa shape index (κ1) is 25.2. The molecular weight excluding hydrogens is 408 g/mol. The first-order chi connectivity index (χ1) is 15.6. The van der Waals surface area contributed by atoms with Crippen LogP contribution in [-0.2, 0) is 0 Å². The summed E-state index contributed by atoms with van der Waals surface area (Å²) in [5.74, 6) is 1.20. The molecular formula is C24H32N4O4-2. The van der Waals surface area contributed by atoms with E-state index in [1.807, 2.05) is 0 Å². The summed E-state index contributed by atoms with van der Waals surface area (Å²) >= 11 is 0. The van der Waals surface area contributed by atoms with Gasteiger partial charge in [0, 0.05) is 38.6 Å². The number of hydrogen-bond acceptors (Lipinski definition) is 8. The Morgan fingerprint density at radius 2 is 1.16 bits per heavy atom. The number of methoxy groups -OCH3 is 2. The Morgan fingerprint density at radius 1 is 0.719 bits per heavy atom. The maximum absolute atomic E-state index is 11.7. The van der Waals surface area contributed by atoms with Gasteiger partial charge in [-0.05, 0) is 61.3 Å². The van der Waals surface area contributed by atoms with E-state index in [0.29, 0.717) is 35.7 Å². The topological polar surface area (TPSA) is 113 Å². The van der Waals surface area contributed by atoms with Crippen LogP contribution < -0.4 is 30.3 Å². The molecule has 0 atom stereocenters. The zero-order valence-corrected chi connectivity index (χ0v) is 18.8. The second kappa shape index (κ2) is 14.8. The minimum absolute atomic E-state index is 0.0557. The van der Waals surface area contributed by atoms with E-state index in [9.17, 15) is 10.2 Å². The fraction of sp³-hybridized carbons (Fsp3) is 0.417. The Bertz CT molecular complexity index is 800. The summed E-state index contributed by atoms with van der Waals surface area (Å²) in [6, 6.07) is 9.67. The van der Waals surface area contributed by atoms with Crippen LogP contribution in [0.25, 0.3) is 0 Å². The molecule has 0 saturated heterocycles. The summed E-state index contributed by atoms with van der Waals surface area (Å²) in [5, 5.41) is 30.2. The molecule has 2 aromatic rings. The van der Waals surface area contributed by atoms with Crippen LogP contribution in [0.3, 0.4) is 0 Å². The number of rotatable bonds is 15. The highest BCUT2D eigenvalue weighted by molar-refractivity contribution is 5.84. The van der Waals surface area contributed by atoms with Crippen molar-refractivity contribution in [2.75, 3.05) is 53.5 Å². The van der Waals surface area contributed by atoms with Crippen LogP contribution in [0.15, 0.2) is 46.4 Å². The van der Waals surface area contributed by atoms with Gasteiger partial charge in [0.2, 0.25) is 0 Å². The van der Waals surface area contributed by atoms with Gasteiger partial charge in [0.15, 0.2) is 0 Å². The minimum Gasteiger partial charge on any atom is -0.872 e. The van der Waals surface area contributed by atoms with E-state index < -0.39 is 0 Å². The fourth-order valence-electron chi connectivity index (χ4n) is 2.85. The standard InChI is InChI=1S/C24H34N4O4/c1-31-21-5-7-23(29)19(15-21)17-27-11-3-9-25-13-14-26-10-4-12-28-18-20-16-22(32-2)6-8-24(20)30/h5-8,15-18,25-26,29-30H,3-4,9-14H2,1-2H3/p-2. The third kappa shape index (κ3) is 9.36. The Kier molecular flexibility index (Phi) is 11.7.